The molecule has 0 atom stereocenters. The molecule has 0 radical (unpaired) electrons. The van der Waals surface area contributed by atoms with Gasteiger partial charge in [-0.05, 0) is 84.7 Å². The van der Waals surface area contributed by atoms with E-state index in [4.69, 9.17) is 0 Å². The van der Waals surface area contributed by atoms with Crippen LogP contribution in [0.5, 0.6) is 0 Å². The van der Waals surface area contributed by atoms with Crippen molar-refractivity contribution < 1.29 is 4.39 Å². The summed E-state index contributed by atoms with van der Waals surface area (Å²) in [5, 5.41) is 0. The van der Waals surface area contributed by atoms with Gasteiger partial charge in [-0.2, -0.15) is 0 Å². The van der Waals surface area contributed by atoms with E-state index in [-0.39, 0.29) is 5.82 Å². The first-order chi connectivity index (χ1) is 15.2. The number of unbranched alkanes of at least 4 members (excludes halogenated alkanes) is 1. The Hall–Kier alpha value is -3.11. The van der Waals surface area contributed by atoms with Crippen LogP contribution in [0.4, 0.5) is 4.39 Å². The van der Waals surface area contributed by atoms with E-state index in [0.29, 0.717) is 0 Å². The fourth-order valence-electron chi connectivity index (χ4n) is 3.48. The summed E-state index contributed by atoms with van der Waals surface area (Å²) < 4.78 is 14.4. The van der Waals surface area contributed by atoms with Crippen molar-refractivity contribution in [3.8, 4) is 23.0 Å². The minimum absolute atomic E-state index is 0.111. The molecule has 0 aliphatic heterocycles. The standard InChI is InChI=1S/C30H31F/c1-3-5-7-8-9-24-11-13-25(14-12-24)15-16-26-17-19-27(20-18-26)29-22-21-28(10-6-4-2)30(31)23-29/h5,7,11-14,17-23H,3-4,6,8-10H2,1-2H3/b7-5+. The summed E-state index contributed by atoms with van der Waals surface area (Å²) in [6.45, 7) is 4.28. The number of rotatable bonds is 8. The maximum Gasteiger partial charge on any atom is 0.127 e. The van der Waals surface area contributed by atoms with Gasteiger partial charge >= 0.3 is 0 Å². The van der Waals surface area contributed by atoms with Crippen molar-refractivity contribution in [1.29, 1.82) is 0 Å². The molecule has 0 aliphatic carbocycles. The van der Waals surface area contributed by atoms with Crippen LogP contribution in [0.3, 0.4) is 0 Å². The molecule has 0 fully saturated rings. The molecule has 0 aromatic heterocycles. The molecule has 3 aromatic carbocycles. The van der Waals surface area contributed by atoms with Crippen molar-refractivity contribution in [1.82, 2.24) is 0 Å². The lowest BCUT2D eigenvalue weighted by molar-refractivity contribution is 0.603. The molecule has 3 aromatic rings. The zero-order valence-corrected chi connectivity index (χ0v) is 18.6. The van der Waals surface area contributed by atoms with Crippen LogP contribution in [0.1, 0.15) is 61.8 Å². The van der Waals surface area contributed by atoms with Gasteiger partial charge in [-0.15, -0.1) is 0 Å². The minimum Gasteiger partial charge on any atom is -0.207 e. The average molecular weight is 411 g/mol. The Morgan fingerprint density at radius 2 is 1.39 bits per heavy atom. The Morgan fingerprint density at radius 3 is 2.00 bits per heavy atom. The van der Waals surface area contributed by atoms with Crippen LogP contribution in [-0.4, -0.2) is 0 Å². The lowest BCUT2D eigenvalue weighted by Gasteiger charge is -2.06. The number of hydrogen-bond acceptors (Lipinski definition) is 0. The van der Waals surface area contributed by atoms with Crippen molar-refractivity contribution >= 4 is 0 Å². The number of benzene rings is 3. The molecule has 158 valence electrons. The largest absolute Gasteiger partial charge is 0.207 e. The van der Waals surface area contributed by atoms with E-state index < -0.39 is 0 Å². The first-order valence-corrected chi connectivity index (χ1v) is 11.3. The summed E-state index contributed by atoms with van der Waals surface area (Å²) in [6.07, 6.45) is 10.6. The second-order valence-electron chi connectivity index (χ2n) is 7.85. The fourth-order valence-corrected chi connectivity index (χ4v) is 3.48. The molecule has 0 amide bonds. The van der Waals surface area contributed by atoms with E-state index >= 15 is 0 Å². The molecule has 0 nitrogen and oxygen atoms in total. The number of aryl methyl sites for hydroxylation is 2. The molecule has 0 bridgehead atoms. The lowest BCUT2D eigenvalue weighted by Crippen LogP contribution is -1.91. The Morgan fingerprint density at radius 1 is 0.742 bits per heavy atom. The van der Waals surface area contributed by atoms with Crippen LogP contribution in [-0.2, 0) is 12.8 Å². The maximum atomic E-state index is 14.4. The van der Waals surface area contributed by atoms with Gasteiger partial charge in [0, 0.05) is 11.1 Å². The van der Waals surface area contributed by atoms with E-state index in [1.807, 2.05) is 36.4 Å². The van der Waals surface area contributed by atoms with Gasteiger partial charge in [0.2, 0.25) is 0 Å². The Bertz CT molecular complexity index is 1040. The van der Waals surface area contributed by atoms with Gasteiger partial charge in [0.05, 0.1) is 0 Å². The molecular weight excluding hydrogens is 379 g/mol. The smallest absolute Gasteiger partial charge is 0.127 e. The van der Waals surface area contributed by atoms with Crippen LogP contribution in [0.2, 0.25) is 0 Å². The normalized spacial score (nSPS) is 10.8. The molecule has 0 aliphatic rings. The van der Waals surface area contributed by atoms with Crippen molar-refractivity contribution in [3.05, 3.63) is 107 Å². The number of halogens is 1. The topological polar surface area (TPSA) is 0 Å². The molecule has 0 N–H and O–H groups in total. The van der Waals surface area contributed by atoms with Gasteiger partial charge in [-0.1, -0.05) is 80.7 Å². The van der Waals surface area contributed by atoms with Crippen LogP contribution >= 0.6 is 0 Å². The van der Waals surface area contributed by atoms with E-state index in [1.54, 1.807) is 6.07 Å². The van der Waals surface area contributed by atoms with E-state index in [0.717, 1.165) is 66.3 Å². The lowest BCUT2D eigenvalue weighted by atomic mass is 10.00. The molecule has 0 unspecified atom stereocenters. The Kier molecular flexibility index (Phi) is 8.68. The van der Waals surface area contributed by atoms with Crippen LogP contribution in [0, 0.1) is 17.7 Å². The maximum absolute atomic E-state index is 14.4. The molecule has 0 saturated heterocycles. The van der Waals surface area contributed by atoms with Crippen molar-refractivity contribution in [2.75, 3.05) is 0 Å². The predicted molar refractivity (Wildman–Crippen MR) is 131 cm³/mol. The summed E-state index contributed by atoms with van der Waals surface area (Å²) in [7, 11) is 0. The zero-order valence-electron chi connectivity index (χ0n) is 18.6. The third-order valence-electron chi connectivity index (χ3n) is 5.38. The monoisotopic (exact) mass is 410 g/mol. The highest BCUT2D eigenvalue weighted by Gasteiger charge is 2.05. The van der Waals surface area contributed by atoms with Gasteiger partial charge in [-0.3, -0.25) is 0 Å². The van der Waals surface area contributed by atoms with Gasteiger partial charge in [0.25, 0.3) is 0 Å². The number of hydrogen-bond donors (Lipinski definition) is 0. The van der Waals surface area contributed by atoms with Crippen molar-refractivity contribution in [3.63, 3.8) is 0 Å². The molecule has 0 saturated carbocycles. The quantitative estimate of drug-likeness (QED) is 0.260. The minimum atomic E-state index is -0.111. The highest BCUT2D eigenvalue weighted by Crippen LogP contribution is 2.23. The average Bonchev–Trinajstić information content (AvgIpc) is 2.81. The second-order valence-corrected chi connectivity index (χ2v) is 7.85. The first-order valence-electron chi connectivity index (χ1n) is 11.3. The molecule has 31 heavy (non-hydrogen) atoms. The fraction of sp³-hybridized carbons (Fsp3) is 0.267. The SMILES string of the molecule is CC/C=C/CCc1ccc(C#Cc2ccc(-c3ccc(CCCC)c(F)c3)cc2)cc1. The molecule has 0 heterocycles. The summed E-state index contributed by atoms with van der Waals surface area (Å²) in [5.74, 6) is 6.35. The van der Waals surface area contributed by atoms with Crippen LogP contribution in [0.15, 0.2) is 78.9 Å². The summed E-state index contributed by atoms with van der Waals surface area (Å²) in [6, 6.07) is 22.1. The summed E-state index contributed by atoms with van der Waals surface area (Å²) in [5.41, 5.74) is 6.02. The van der Waals surface area contributed by atoms with E-state index in [2.05, 4.69) is 62.1 Å². The van der Waals surface area contributed by atoms with Crippen LogP contribution in [0.25, 0.3) is 11.1 Å². The molecule has 3 rings (SSSR count). The van der Waals surface area contributed by atoms with Gasteiger partial charge in [0.15, 0.2) is 0 Å². The number of allylic oxidation sites excluding steroid dienone is 2. The molecule has 1 heteroatoms. The first kappa shape index (κ1) is 22.6. The molecular formula is C30H31F. The Labute approximate surface area is 186 Å². The van der Waals surface area contributed by atoms with Crippen molar-refractivity contribution in [2.45, 2.75) is 52.4 Å². The van der Waals surface area contributed by atoms with Gasteiger partial charge in [0.1, 0.15) is 5.82 Å². The zero-order chi connectivity index (χ0) is 21.9. The van der Waals surface area contributed by atoms with E-state index in [1.165, 1.54) is 5.56 Å². The Balaban J connectivity index is 1.63. The van der Waals surface area contributed by atoms with Gasteiger partial charge < -0.3 is 0 Å². The van der Waals surface area contributed by atoms with Crippen LogP contribution < -0.4 is 0 Å². The predicted octanol–water partition coefficient (Wildman–Crippen LogP) is 8.13. The second kappa shape index (κ2) is 11.9. The summed E-state index contributed by atoms with van der Waals surface area (Å²) in [4.78, 5) is 0. The van der Waals surface area contributed by atoms with E-state index in [9.17, 15) is 4.39 Å². The van der Waals surface area contributed by atoms with Crippen molar-refractivity contribution in [2.24, 2.45) is 0 Å². The highest BCUT2D eigenvalue weighted by molar-refractivity contribution is 5.65. The molecule has 0 spiro atoms. The van der Waals surface area contributed by atoms with Gasteiger partial charge in [-0.25, -0.2) is 4.39 Å². The third-order valence-corrected chi connectivity index (χ3v) is 5.38. The summed E-state index contributed by atoms with van der Waals surface area (Å²) >= 11 is 0. The highest BCUT2D eigenvalue weighted by atomic mass is 19.1. The third kappa shape index (κ3) is 6.97.